The lowest BCUT2D eigenvalue weighted by Gasteiger charge is -2.03. The smallest absolute Gasteiger partial charge is 0.246 e. The molecule has 106 valence electrons. The van der Waals surface area contributed by atoms with Crippen LogP contribution in [0.2, 0.25) is 0 Å². The predicted octanol–water partition coefficient (Wildman–Crippen LogP) is 1.86. The number of nitrogens with zero attached hydrogens (tertiary/aromatic N) is 5. The number of carbonyl (C=O) groups excluding carboxylic acids is 1. The standard InChI is InChI=1S/C13H11BrN6O/c14-11-3-1-2-4-12(11)20-8-10(7-16-20)17-13(21)9-19-6-5-15-18-19/h1-8H,9H2,(H,17,21). The molecule has 0 atom stereocenters. The van der Waals surface area contributed by atoms with Crippen LogP contribution in [0.1, 0.15) is 0 Å². The molecule has 3 rings (SSSR count). The van der Waals surface area contributed by atoms with Gasteiger partial charge in [-0.15, -0.1) is 5.10 Å². The summed E-state index contributed by atoms with van der Waals surface area (Å²) >= 11 is 3.47. The van der Waals surface area contributed by atoms with E-state index in [2.05, 4.69) is 36.7 Å². The normalized spacial score (nSPS) is 10.5. The summed E-state index contributed by atoms with van der Waals surface area (Å²) in [6.45, 7) is 0.111. The molecule has 1 amide bonds. The lowest BCUT2D eigenvalue weighted by Crippen LogP contribution is -2.18. The SMILES string of the molecule is O=C(Cn1ccnn1)Nc1cnn(-c2ccccc2Br)c1. The van der Waals surface area contributed by atoms with Gasteiger partial charge >= 0.3 is 0 Å². The first-order chi connectivity index (χ1) is 10.2. The van der Waals surface area contributed by atoms with Gasteiger partial charge < -0.3 is 5.32 Å². The van der Waals surface area contributed by atoms with E-state index in [1.807, 2.05) is 24.3 Å². The van der Waals surface area contributed by atoms with Crippen molar-refractivity contribution in [3.63, 3.8) is 0 Å². The molecule has 0 bridgehead atoms. The zero-order chi connectivity index (χ0) is 14.7. The Kier molecular flexibility index (Phi) is 3.78. The van der Waals surface area contributed by atoms with Crippen LogP contribution < -0.4 is 5.32 Å². The zero-order valence-electron chi connectivity index (χ0n) is 10.8. The Morgan fingerprint density at radius 2 is 2.19 bits per heavy atom. The minimum Gasteiger partial charge on any atom is -0.322 e. The molecule has 21 heavy (non-hydrogen) atoms. The molecule has 0 aliphatic rings. The van der Waals surface area contributed by atoms with E-state index >= 15 is 0 Å². The van der Waals surface area contributed by atoms with Crippen LogP contribution in [-0.4, -0.2) is 30.7 Å². The van der Waals surface area contributed by atoms with Crippen molar-refractivity contribution in [2.45, 2.75) is 6.54 Å². The van der Waals surface area contributed by atoms with Crippen LogP contribution in [0.3, 0.4) is 0 Å². The van der Waals surface area contributed by atoms with Gasteiger partial charge in [-0.3, -0.25) is 4.79 Å². The Balaban J connectivity index is 1.71. The molecule has 8 heteroatoms. The van der Waals surface area contributed by atoms with E-state index in [9.17, 15) is 4.79 Å². The highest BCUT2D eigenvalue weighted by molar-refractivity contribution is 9.10. The summed E-state index contributed by atoms with van der Waals surface area (Å²) in [7, 11) is 0. The summed E-state index contributed by atoms with van der Waals surface area (Å²) in [5.41, 5.74) is 1.52. The molecule has 1 aromatic carbocycles. The molecule has 0 aliphatic carbocycles. The molecule has 0 fully saturated rings. The monoisotopic (exact) mass is 346 g/mol. The third kappa shape index (κ3) is 3.16. The number of carbonyl (C=O) groups is 1. The fourth-order valence-electron chi connectivity index (χ4n) is 1.82. The molecular weight excluding hydrogens is 336 g/mol. The number of benzene rings is 1. The summed E-state index contributed by atoms with van der Waals surface area (Å²) in [5.74, 6) is -0.188. The lowest BCUT2D eigenvalue weighted by molar-refractivity contribution is -0.116. The number of hydrogen-bond acceptors (Lipinski definition) is 4. The van der Waals surface area contributed by atoms with Gasteiger partial charge in [0.05, 0.1) is 30.0 Å². The summed E-state index contributed by atoms with van der Waals surface area (Å²) in [6.07, 6.45) is 6.50. The molecule has 3 aromatic rings. The van der Waals surface area contributed by atoms with E-state index < -0.39 is 0 Å². The molecule has 2 heterocycles. The van der Waals surface area contributed by atoms with Crippen LogP contribution in [0.15, 0.2) is 53.5 Å². The number of hydrogen-bond donors (Lipinski definition) is 1. The van der Waals surface area contributed by atoms with Crippen molar-refractivity contribution in [1.29, 1.82) is 0 Å². The maximum atomic E-state index is 11.8. The van der Waals surface area contributed by atoms with Crippen LogP contribution in [0.25, 0.3) is 5.69 Å². The van der Waals surface area contributed by atoms with Gasteiger partial charge in [0.25, 0.3) is 0 Å². The molecule has 0 aliphatic heterocycles. The first-order valence-corrected chi connectivity index (χ1v) is 6.95. The molecule has 0 saturated heterocycles. The van der Waals surface area contributed by atoms with E-state index in [1.54, 1.807) is 23.3 Å². The minimum atomic E-state index is -0.188. The molecule has 0 spiro atoms. The van der Waals surface area contributed by atoms with Gasteiger partial charge in [0.1, 0.15) is 6.54 Å². The van der Waals surface area contributed by atoms with Gasteiger partial charge in [0.15, 0.2) is 0 Å². The number of amides is 1. The van der Waals surface area contributed by atoms with Crippen LogP contribution in [0.4, 0.5) is 5.69 Å². The van der Waals surface area contributed by atoms with Crippen LogP contribution >= 0.6 is 15.9 Å². The van der Waals surface area contributed by atoms with E-state index in [1.165, 1.54) is 10.9 Å². The zero-order valence-corrected chi connectivity index (χ0v) is 12.4. The number of halogens is 1. The number of para-hydroxylation sites is 1. The average Bonchev–Trinajstić information content (AvgIpc) is 3.11. The van der Waals surface area contributed by atoms with Crippen molar-refractivity contribution in [3.05, 3.63) is 53.5 Å². The van der Waals surface area contributed by atoms with Gasteiger partial charge in [0.2, 0.25) is 5.91 Å². The minimum absolute atomic E-state index is 0.111. The predicted molar refractivity (Wildman–Crippen MR) is 79.9 cm³/mol. The van der Waals surface area contributed by atoms with Gasteiger partial charge in [-0.25, -0.2) is 9.36 Å². The van der Waals surface area contributed by atoms with Gasteiger partial charge in [-0.1, -0.05) is 17.3 Å². The van der Waals surface area contributed by atoms with Gasteiger partial charge in [0, 0.05) is 10.7 Å². The second-order valence-electron chi connectivity index (χ2n) is 4.27. The fraction of sp³-hybridized carbons (Fsp3) is 0.0769. The molecule has 0 saturated carbocycles. The van der Waals surface area contributed by atoms with E-state index in [0.717, 1.165) is 10.2 Å². The molecule has 2 aromatic heterocycles. The maximum Gasteiger partial charge on any atom is 0.246 e. The van der Waals surface area contributed by atoms with E-state index in [0.29, 0.717) is 5.69 Å². The van der Waals surface area contributed by atoms with Gasteiger partial charge in [-0.05, 0) is 28.1 Å². The van der Waals surface area contributed by atoms with Crippen molar-refractivity contribution in [2.24, 2.45) is 0 Å². The number of nitrogens with one attached hydrogen (secondary N) is 1. The van der Waals surface area contributed by atoms with Crippen LogP contribution in [0.5, 0.6) is 0 Å². The molecule has 1 N–H and O–H groups in total. The highest BCUT2D eigenvalue weighted by atomic mass is 79.9. The molecule has 7 nitrogen and oxygen atoms in total. The second kappa shape index (κ2) is 5.88. The summed E-state index contributed by atoms with van der Waals surface area (Å²) in [5, 5.41) is 14.4. The quantitative estimate of drug-likeness (QED) is 0.782. The molecular formula is C13H11BrN6O. The third-order valence-electron chi connectivity index (χ3n) is 2.74. The Labute approximate surface area is 128 Å². The number of aromatic nitrogens is 5. The largest absolute Gasteiger partial charge is 0.322 e. The average molecular weight is 347 g/mol. The van der Waals surface area contributed by atoms with Crippen molar-refractivity contribution >= 4 is 27.5 Å². The van der Waals surface area contributed by atoms with E-state index in [-0.39, 0.29) is 12.5 Å². The topological polar surface area (TPSA) is 77.6 Å². The summed E-state index contributed by atoms with van der Waals surface area (Å²) in [6, 6.07) is 7.71. The lowest BCUT2D eigenvalue weighted by atomic mass is 10.3. The van der Waals surface area contributed by atoms with Crippen LogP contribution in [-0.2, 0) is 11.3 Å². The Bertz CT molecular complexity index is 752. The van der Waals surface area contributed by atoms with Crippen molar-refractivity contribution in [3.8, 4) is 5.69 Å². The Hall–Kier alpha value is -2.48. The Morgan fingerprint density at radius 1 is 1.33 bits per heavy atom. The maximum absolute atomic E-state index is 11.8. The van der Waals surface area contributed by atoms with Crippen molar-refractivity contribution < 1.29 is 4.79 Å². The summed E-state index contributed by atoms with van der Waals surface area (Å²) in [4.78, 5) is 11.8. The molecule has 0 radical (unpaired) electrons. The first-order valence-electron chi connectivity index (χ1n) is 6.16. The van der Waals surface area contributed by atoms with Crippen molar-refractivity contribution in [2.75, 3.05) is 5.32 Å². The molecule has 0 unspecified atom stereocenters. The fourth-order valence-corrected chi connectivity index (χ4v) is 2.29. The number of anilines is 1. The first kappa shape index (κ1) is 13.5. The van der Waals surface area contributed by atoms with Crippen LogP contribution in [0, 0.1) is 0 Å². The second-order valence-corrected chi connectivity index (χ2v) is 5.13. The highest BCUT2D eigenvalue weighted by Crippen LogP contribution is 2.20. The third-order valence-corrected chi connectivity index (χ3v) is 3.41. The van der Waals surface area contributed by atoms with E-state index in [4.69, 9.17) is 0 Å². The number of rotatable bonds is 4. The van der Waals surface area contributed by atoms with Gasteiger partial charge in [-0.2, -0.15) is 5.10 Å². The summed E-state index contributed by atoms with van der Waals surface area (Å²) < 4.78 is 4.07. The highest BCUT2D eigenvalue weighted by Gasteiger charge is 2.08. The van der Waals surface area contributed by atoms with Crippen molar-refractivity contribution in [1.82, 2.24) is 24.8 Å². The Morgan fingerprint density at radius 3 is 2.95 bits per heavy atom.